The maximum atomic E-state index is 13.6. The lowest BCUT2D eigenvalue weighted by Crippen LogP contribution is -2.36. The average Bonchev–Trinajstić information content (AvgIpc) is 2.42. The highest BCUT2D eigenvalue weighted by molar-refractivity contribution is 5.78. The summed E-state index contributed by atoms with van der Waals surface area (Å²) in [6.45, 7) is 6.83. The summed E-state index contributed by atoms with van der Waals surface area (Å²) in [5, 5.41) is 5.89. The van der Waals surface area contributed by atoms with Crippen molar-refractivity contribution in [2.45, 2.75) is 26.8 Å². The van der Waals surface area contributed by atoms with Gasteiger partial charge in [-0.15, -0.1) is 0 Å². The fraction of sp³-hybridized carbons (Fsp3) is 0.533. The Hall–Kier alpha value is -1.62. The SMILES string of the molecule is COc1ccc(C(C)NCC(=O)NCC(C)C)cc1F. The Morgan fingerprint density at radius 3 is 2.60 bits per heavy atom. The Morgan fingerprint density at radius 2 is 2.05 bits per heavy atom. The van der Waals surface area contributed by atoms with Crippen LogP contribution >= 0.6 is 0 Å². The maximum absolute atomic E-state index is 13.6. The van der Waals surface area contributed by atoms with E-state index in [2.05, 4.69) is 10.6 Å². The number of ether oxygens (including phenoxy) is 1. The molecule has 1 atom stereocenters. The topological polar surface area (TPSA) is 50.4 Å². The summed E-state index contributed by atoms with van der Waals surface area (Å²) in [7, 11) is 1.43. The lowest BCUT2D eigenvalue weighted by Gasteiger charge is -2.15. The second-order valence-corrected chi connectivity index (χ2v) is 5.19. The first-order chi connectivity index (χ1) is 9.43. The number of carbonyl (C=O) groups excluding carboxylic acids is 1. The third-order valence-corrected chi connectivity index (χ3v) is 2.95. The molecule has 5 heteroatoms. The summed E-state index contributed by atoms with van der Waals surface area (Å²) in [4.78, 5) is 11.6. The predicted octanol–water partition coefficient (Wildman–Crippen LogP) is 2.26. The number of carbonyl (C=O) groups is 1. The largest absolute Gasteiger partial charge is 0.494 e. The molecule has 4 nitrogen and oxygen atoms in total. The number of hydrogen-bond donors (Lipinski definition) is 2. The van der Waals surface area contributed by atoms with Gasteiger partial charge in [0, 0.05) is 12.6 Å². The van der Waals surface area contributed by atoms with Crippen LogP contribution in [0, 0.1) is 11.7 Å². The van der Waals surface area contributed by atoms with Crippen molar-refractivity contribution in [3.8, 4) is 5.75 Å². The molecule has 20 heavy (non-hydrogen) atoms. The molecule has 0 bridgehead atoms. The van der Waals surface area contributed by atoms with Gasteiger partial charge >= 0.3 is 0 Å². The maximum Gasteiger partial charge on any atom is 0.233 e. The molecule has 0 fully saturated rings. The molecule has 2 N–H and O–H groups in total. The molecule has 1 amide bonds. The minimum Gasteiger partial charge on any atom is -0.494 e. The summed E-state index contributed by atoms with van der Waals surface area (Å²) in [5.74, 6) is 0.185. The molecular weight excluding hydrogens is 259 g/mol. The van der Waals surface area contributed by atoms with E-state index in [1.807, 2.05) is 20.8 Å². The van der Waals surface area contributed by atoms with Crippen LogP contribution in [0.3, 0.4) is 0 Å². The van der Waals surface area contributed by atoms with Crippen LogP contribution in [-0.2, 0) is 4.79 Å². The van der Waals surface area contributed by atoms with Crippen molar-refractivity contribution in [1.29, 1.82) is 0 Å². The van der Waals surface area contributed by atoms with Crippen LogP contribution in [0.15, 0.2) is 18.2 Å². The standard InChI is InChI=1S/C15H23FN2O2/c1-10(2)8-18-15(19)9-17-11(3)12-5-6-14(20-4)13(16)7-12/h5-7,10-11,17H,8-9H2,1-4H3,(H,18,19). The van der Waals surface area contributed by atoms with Crippen LogP contribution in [0.5, 0.6) is 5.75 Å². The fourth-order valence-corrected chi connectivity index (χ4v) is 1.70. The predicted molar refractivity (Wildman–Crippen MR) is 77.2 cm³/mol. The highest BCUT2D eigenvalue weighted by Crippen LogP contribution is 2.21. The summed E-state index contributed by atoms with van der Waals surface area (Å²) in [6, 6.07) is 4.68. The van der Waals surface area contributed by atoms with Crippen molar-refractivity contribution in [1.82, 2.24) is 10.6 Å². The first kappa shape index (κ1) is 16.4. The highest BCUT2D eigenvalue weighted by Gasteiger charge is 2.11. The van der Waals surface area contributed by atoms with Gasteiger partial charge in [0.05, 0.1) is 13.7 Å². The molecule has 0 radical (unpaired) electrons. The zero-order chi connectivity index (χ0) is 15.1. The summed E-state index contributed by atoms with van der Waals surface area (Å²) >= 11 is 0. The van der Waals surface area contributed by atoms with Crippen LogP contribution in [0.4, 0.5) is 4.39 Å². The lowest BCUT2D eigenvalue weighted by atomic mass is 10.1. The van der Waals surface area contributed by atoms with E-state index in [9.17, 15) is 9.18 Å². The average molecular weight is 282 g/mol. The quantitative estimate of drug-likeness (QED) is 0.806. The number of hydrogen-bond acceptors (Lipinski definition) is 3. The van der Waals surface area contributed by atoms with Crippen molar-refractivity contribution < 1.29 is 13.9 Å². The Morgan fingerprint density at radius 1 is 1.35 bits per heavy atom. The summed E-state index contributed by atoms with van der Waals surface area (Å²) in [5.41, 5.74) is 0.778. The van der Waals surface area contributed by atoms with Crippen molar-refractivity contribution in [2.24, 2.45) is 5.92 Å². The van der Waals surface area contributed by atoms with Crippen LogP contribution in [-0.4, -0.2) is 26.1 Å². The van der Waals surface area contributed by atoms with Gasteiger partial charge in [-0.2, -0.15) is 0 Å². The minimum atomic E-state index is -0.400. The number of halogens is 1. The zero-order valence-electron chi connectivity index (χ0n) is 12.5. The molecule has 0 aliphatic heterocycles. The van der Waals surface area contributed by atoms with Crippen molar-refractivity contribution in [3.05, 3.63) is 29.6 Å². The second-order valence-electron chi connectivity index (χ2n) is 5.19. The molecule has 0 heterocycles. The minimum absolute atomic E-state index is 0.0560. The van der Waals surface area contributed by atoms with Gasteiger partial charge in [-0.25, -0.2) is 4.39 Å². The van der Waals surface area contributed by atoms with E-state index in [4.69, 9.17) is 4.74 Å². The molecule has 0 saturated heterocycles. The third kappa shape index (κ3) is 5.17. The molecule has 1 aromatic rings. The first-order valence-corrected chi connectivity index (χ1v) is 6.77. The molecule has 1 aromatic carbocycles. The van der Waals surface area contributed by atoms with E-state index in [1.165, 1.54) is 13.2 Å². The zero-order valence-corrected chi connectivity index (χ0v) is 12.5. The van der Waals surface area contributed by atoms with Crippen LogP contribution in [0.1, 0.15) is 32.4 Å². The van der Waals surface area contributed by atoms with Crippen LogP contribution in [0.25, 0.3) is 0 Å². The second kappa shape index (κ2) is 7.85. The smallest absolute Gasteiger partial charge is 0.233 e. The van der Waals surface area contributed by atoms with E-state index in [1.54, 1.807) is 12.1 Å². The summed E-state index contributed by atoms with van der Waals surface area (Å²) < 4.78 is 18.5. The van der Waals surface area contributed by atoms with Gasteiger partial charge in [-0.1, -0.05) is 19.9 Å². The Kier molecular flexibility index (Phi) is 6.45. The Labute approximate surface area is 119 Å². The molecule has 1 unspecified atom stereocenters. The molecular formula is C15H23FN2O2. The molecule has 0 spiro atoms. The number of nitrogens with one attached hydrogen (secondary N) is 2. The van der Waals surface area contributed by atoms with Gasteiger partial charge in [0.2, 0.25) is 5.91 Å². The number of rotatable bonds is 7. The fourth-order valence-electron chi connectivity index (χ4n) is 1.70. The van der Waals surface area contributed by atoms with E-state index < -0.39 is 5.82 Å². The van der Waals surface area contributed by atoms with Gasteiger partial charge in [0.25, 0.3) is 0 Å². The molecule has 0 aliphatic rings. The van der Waals surface area contributed by atoms with E-state index in [0.717, 1.165) is 5.56 Å². The number of benzene rings is 1. The monoisotopic (exact) mass is 282 g/mol. The van der Waals surface area contributed by atoms with E-state index in [-0.39, 0.29) is 24.2 Å². The lowest BCUT2D eigenvalue weighted by molar-refractivity contribution is -0.120. The molecule has 112 valence electrons. The van der Waals surface area contributed by atoms with Gasteiger partial charge < -0.3 is 15.4 Å². The normalized spacial score (nSPS) is 12.3. The van der Waals surface area contributed by atoms with Gasteiger partial charge in [0.1, 0.15) is 0 Å². The highest BCUT2D eigenvalue weighted by atomic mass is 19.1. The Bertz CT molecular complexity index is 449. The van der Waals surface area contributed by atoms with E-state index in [0.29, 0.717) is 12.5 Å². The van der Waals surface area contributed by atoms with Gasteiger partial charge in [-0.05, 0) is 30.5 Å². The van der Waals surface area contributed by atoms with E-state index >= 15 is 0 Å². The van der Waals surface area contributed by atoms with Crippen molar-refractivity contribution >= 4 is 5.91 Å². The molecule has 0 aliphatic carbocycles. The number of methoxy groups -OCH3 is 1. The molecule has 0 saturated carbocycles. The summed E-state index contributed by atoms with van der Waals surface area (Å²) in [6.07, 6.45) is 0. The van der Waals surface area contributed by atoms with Crippen molar-refractivity contribution in [2.75, 3.05) is 20.2 Å². The van der Waals surface area contributed by atoms with Crippen LogP contribution < -0.4 is 15.4 Å². The van der Waals surface area contributed by atoms with Gasteiger partial charge in [0.15, 0.2) is 11.6 Å². The molecule has 1 rings (SSSR count). The van der Waals surface area contributed by atoms with Crippen molar-refractivity contribution in [3.63, 3.8) is 0 Å². The van der Waals surface area contributed by atoms with Gasteiger partial charge in [-0.3, -0.25) is 4.79 Å². The molecule has 0 aromatic heterocycles. The number of amides is 1. The van der Waals surface area contributed by atoms with Crippen LogP contribution in [0.2, 0.25) is 0 Å². The Balaban J connectivity index is 2.48. The first-order valence-electron chi connectivity index (χ1n) is 6.77. The third-order valence-electron chi connectivity index (χ3n) is 2.95.